The van der Waals surface area contributed by atoms with E-state index in [1.54, 1.807) is 0 Å². The van der Waals surface area contributed by atoms with E-state index in [1.807, 2.05) is 0 Å². The highest BCUT2D eigenvalue weighted by molar-refractivity contribution is 7.90. The lowest BCUT2D eigenvalue weighted by atomic mass is 10.1. The number of benzene rings is 2. The summed E-state index contributed by atoms with van der Waals surface area (Å²) in [4.78, 5) is 11.9. The molecule has 2 rings (SSSR count). The predicted octanol–water partition coefficient (Wildman–Crippen LogP) is 3.47. The molecule has 0 N–H and O–H groups in total. The fourth-order valence-electron chi connectivity index (χ4n) is 2.02. The molecule has 128 valence electrons. The molecule has 24 heavy (non-hydrogen) atoms. The van der Waals surface area contributed by atoms with Crippen molar-refractivity contribution in [3.63, 3.8) is 0 Å². The SMILES string of the molecule is CS(=O)(=O)c1ccccc1C(=O)OCc1cccc(C(F)(F)F)c1. The average molecular weight is 358 g/mol. The van der Waals surface area contributed by atoms with Crippen molar-refractivity contribution >= 4 is 15.8 Å². The van der Waals surface area contributed by atoms with Gasteiger partial charge in [-0.05, 0) is 29.8 Å². The number of carbonyl (C=O) groups is 1. The van der Waals surface area contributed by atoms with Gasteiger partial charge in [0, 0.05) is 6.26 Å². The highest BCUT2D eigenvalue weighted by Crippen LogP contribution is 2.29. The summed E-state index contributed by atoms with van der Waals surface area (Å²) >= 11 is 0. The molecule has 2 aromatic rings. The van der Waals surface area contributed by atoms with Crippen molar-refractivity contribution in [3.05, 3.63) is 65.2 Å². The van der Waals surface area contributed by atoms with Gasteiger partial charge in [0.15, 0.2) is 9.84 Å². The Morgan fingerprint density at radius 2 is 1.75 bits per heavy atom. The molecule has 0 spiro atoms. The first-order valence-corrected chi connectivity index (χ1v) is 8.60. The smallest absolute Gasteiger partial charge is 0.416 e. The van der Waals surface area contributed by atoms with Gasteiger partial charge in [-0.15, -0.1) is 0 Å². The van der Waals surface area contributed by atoms with Crippen LogP contribution in [0.2, 0.25) is 0 Å². The molecule has 0 amide bonds. The molecular weight excluding hydrogens is 345 g/mol. The lowest BCUT2D eigenvalue weighted by Crippen LogP contribution is -2.11. The fourth-order valence-corrected chi connectivity index (χ4v) is 2.90. The van der Waals surface area contributed by atoms with Gasteiger partial charge in [-0.25, -0.2) is 13.2 Å². The number of carbonyl (C=O) groups excluding carboxylic acids is 1. The summed E-state index contributed by atoms with van der Waals surface area (Å²) in [6, 6.07) is 9.83. The quantitative estimate of drug-likeness (QED) is 0.786. The fraction of sp³-hybridized carbons (Fsp3) is 0.188. The lowest BCUT2D eigenvalue weighted by Gasteiger charge is -2.10. The Bertz CT molecular complexity index is 858. The number of hydrogen-bond acceptors (Lipinski definition) is 4. The largest absolute Gasteiger partial charge is 0.457 e. The Kier molecular flexibility index (Phi) is 4.98. The Morgan fingerprint density at radius 1 is 1.08 bits per heavy atom. The number of hydrogen-bond donors (Lipinski definition) is 0. The van der Waals surface area contributed by atoms with Crippen LogP contribution >= 0.6 is 0 Å². The maximum atomic E-state index is 12.6. The van der Waals surface area contributed by atoms with Crippen LogP contribution in [-0.4, -0.2) is 20.6 Å². The van der Waals surface area contributed by atoms with E-state index in [0.717, 1.165) is 18.4 Å². The van der Waals surface area contributed by atoms with E-state index >= 15 is 0 Å². The Labute approximate surface area is 136 Å². The molecular formula is C16H13F3O4S. The molecule has 0 aliphatic carbocycles. The molecule has 0 saturated carbocycles. The van der Waals surface area contributed by atoms with Gasteiger partial charge >= 0.3 is 12.1 Å². The molecule has 0 bridgehead atoms. The second-order valence-corrected chi connectivity index (χ2v) is 7.03. The zero-order chi connectivity index (χ0) is 18.0. The van der Waals surface area contributed by atoms with Gasteiger partial charge < -0.3 is 4.74 Å². The van der Waals surface area contributed by atoms with E-state index in [4.69, 9.17) is 4.74 Å². The third kappa shape index (κ3) is 4.35. The topological polar surface area (TPSA) is 60.4 Å². The number of esters is 1. The summed E-state index contributed by atoms with van der Waals surface area (Å²) in [5.41, 5.74) is -0.866. The highest BCUT2D eigenvalue weighted by Gasteiger charge is 2.30. The van der Waals surface area contributed by atoms with Crippen molar-refractivity contribution in [2.75, 3.05) is 6.26 Å². The molecule has 0 aliphatic heterocycles. The van der Waals surface area contributed by atoms with Crippen molar-refractivity contribution in [3.8, 4) is 0 Å². The zero-order valence-electron chi connectivity index (χ0n) is 12.5. The van der Waals surface area contributed by atoms with E-state index in [9.17, 15) is 26.4 Å². The lowest BCUT2D eigenvalue weighted by molar-refractivity contribution is -0.137. The molecule has 0 atom stereocenters. The van der Waals surface area contributed by atoms with E-state index in [0.29, 0.717) is 0 Å². The number of rotatable bonds is 4. The van der Waals surface area contributed by atoms with Crippen LogP contribution in [0.1, 0.15) is 21.5 Å². The first kappa shape index (κ1) is 18.0. The molecule has 0 fully saturated rings. The van der Waals surface area contributed by atoms with Crippen LogP contribution < -0.4 is 0 Å². The zero-order valence-corrected chi connectivity index (χ0v) is 13.3. The second kappa shape index (κ2) is 6.64. The molecule has 0 aromatic heterocycles. The summed E-state index contributed by atoms with van der Waals surface area (Å²) in [6.07, 6.45) is -3.55. The van der Waals surface area contributed by atoms with Gasteiger partial charge in [-0.3, -0.25) is 0 Å². The van der Waals surface area contributed by atoms with E-state index < -0.39 is 34.2 Å². The third-order valence-corrected chi connectivity index (χ3v) is 4.29. The summed E-state index contributed by atoms with van der Waals surface area (Å²) < 4.78 is 66.2. The summed E-state index contributed by atoms with van der Waals surface area (Å²) in [5.74, 6) is -0.923. The second-order valence-electron chi connectivity index (χ2n) is 5.04. The molecule has 8 heteroatoms. The summed E-state index contributed by atoms with van der Waals surface area (Å²) in [5, 5.41) is 0. The predicted molar refractivity (Wildman–Crippen MR) is 80.1 cm³/mol. The molecule has 0 aliphatic rings. The maximum absolute atomic E-state index is 12.6. The van der Waals surface area contributed by atoms with Crippen LogP contribution in [0.5, 0.6) is 0 Å². The van der Waals surface area contributed by atoms with Crippen molar-refractivity contribution < 1.29 is 31.1 Å². The highest BCUT2D eigenvalue weighted by atomic mass is 32.2. The number of alkyl halides is 3. The minimum absolute atomic E-state index is 0.148. The summed E-state index contributed by atoms with van der Waals surface area (Å²) in [6.45, 7) is -0.402. The summed E-state index contributed by atoms with van der Waals surface area (Å²) in [7, 11) is -3.64. The van der Waals surface area contributed by atoms with Gasteiger partial charge in [0.1, 0.15) is 6.61 Å². The minimum atomic E-state index is -4.50. The first-order valence-electron chi connectivity index (χ1n) is 6.71. The van der Waals surface area contributed by atoms with Crippen LogP contribution in [0, 0.1) is 0 Å². The van der Waals surface area contributed by atoms with E-state index in [-0.39, 0.29) is 16.0 Å². The van der Waals surface area contributed by atoms with Gasteiger partial charge in [-0.1, -0.05) is 24.3 Å². The number of halogens is 3. The number of ether oxygens (including phenoxy) is 1. The van der Waals surface area contributed by atoms with Gasteiger partial charge in [-0.2, -0.15) is 13.2 Å². The molecule has 2 aromatic carbocycles. The van der Waals surface area contributed by atoms with Gasteiger partial charge in [0.2, 0.25) is 0 Å². The van der Waals surface area contributed by atoms with E-state index in [1.165, 1.54) is 36.4 Å². The van der Waals surface area contributed by atoms with Crippen LogP contribution in [0.3, 0.4) is 0 Å². The van der Waals surface area contributed by atoms with Crippen LogP contribution in [0.4, 0.5) is 13.2 Å². The average Bonchev–Trinajstić information content (AvgIpc) is 2.51. The third-order valence-electron chi connectivity index (χ3n) is 3.13. The monoisotopic (exact) mass is 358 g/mol. The van der Waals surface area contributed by atoms with Crippen molar-refractivity contribution in [2.24, 2.45) is 0 Å². The van der Waals surface area contributed by atoms with E-state index in [2.05, 4.69) is 0 Å². The van der Waals surface area contributed by atoms with Crippen LogP contribution in [0.25, 0.3) is 0 Å². The van der Waals surface area contributed by atoms with Crippen LogP contribution in [-0.2, 0) is 27.4 Å². The Morgan fingerprint density at radius 3 is 2.38 bits per heavy atom. The molecule has 0 heterocycles. The maximum Gasteiger partial charge on any atom is 0.416 e. The molecule has 0 saturated heterocycles. The first-order chi connectivity index (χ1) is 11.1. The van der Waals surface area contributed by atoms with Crippen molar-refractivity contribution in [1.82, 2.24) is 0 Å². The molecule has 4 nitrogen and oxygen atoms in total. The molecule has 0 radical (unpaired) electrons. The van der Waals surface area contributed by atoms with Crippen LogP contribution in [0.15, 0.2) is 53.4 Å². The minimum Gasteiger partial charge on any atom is -0.457 e. The number of sulfone groups is 1. The Hall–Kier alpha value is -2.35. The van der Waals surface area contributed by atoms with Crippen molar-refractivity contribution in [1.29, 1.82) is 0 Å². The Balaban J connectivity index is 2.18. The van der Waals surface area contributed by atoms with Gasteiger partial charge in [0.25, 0.3) is 0 Å². The van der Waals surface area contributed by atoms with Crippen molar-refractivity contribution in [2.45, 2.75) is 17.7 Å². The van der Waals surface area contributed by atoms with Gasteiger partial charge in [0.05, 0.1) is 16.0 Å². The normalized spacial score (nSPS) is 12.0. The standard InChI is InChI=1S/C16H13F3O4S/c1-24(21,22)14-8-3-2-7-13(14)15(20)23-10-11-5-4-6-12(9-11)16(17,18)19/h2-9H,10H2,1H3. The molecule has 0 unspecified atom stereocenters.